The Morgan fingerprint density at radius 1 is 1.50 bits per heavy atom. The van der Waals surface area contributed by atoms with Crippen molar-refractivity contribution >= 4 is 11.9 Å². The summed E-state index contributed by atoms with van der Waals surface area (Å²) in [5, 5.41) is 4.89. The van der Waals surface area contributed by atoms with E-state index in [1.54, 1.807) is 0 Å². The van der Waals surface area contributed by atoms with Crippen LogP contribution in [0, 0.1) is 5.92 Å². The molecule has 0 aromatic rings. The maximum Gasteiger partial charge on any atom is 0.321 e. The third-order valence-corrected chi connectivity index (χ3v) is 3.49. The van der Waals surface area contributed by atoms with E-state index in [-0.39, 0.29) is 11.9 Å². The lowest BCUT2D eigenvalue weighted by molar-refractivity contribution is -0.125. The van der Waals surface area contributed by atoms with Crippen LogP contribution in [-0.4, -0.2) is 48.6 Å². The third-order valence-electron chi connectivity index (χ3n) is 3.49. The number of nitrogens with two attached hydrogens (primary N) is 1. The molecule has 0 aromatic heterocycles. The van der Waals surface area contributed by atoms with Gasteiger partial charge in [0.05, 0.1) is 6.04 Å². The Morgan fingerprint density at radius 2 is 2.17 bits per heavy atom. The summed E-state index contributed by atoms with van der Waals surface area (Å²) in [6, 6.07) is -0.413. The highest BCUT2D eigenvalue weighted by Crippen LogP contribution is 2.24. The predicted molar refractivity (Wildman–Crippen MR) is 70.0 cm³/mol. The number of carbonyl (C=O) groups excluding carboxylic acids is 2. The zero-order valence-corrected chi connectivity index (χ0v) is 11.4. The number of urea groups is 1. The first kappa shape index (κ1) is 14.9. The minimum atomic E-state index is -0.434. The van der Waals surface area contributed by atoms with Crippen LogP contribution >= 0.6 is 0 Å². The Labute approximate surface area is 108 Å². The number of amides is 3. The molecular weight excluding hydrogens is 232 g/mol. The Morgan fingerprint density at radius 3 is 2.67 bits per heavy atom. The fraction of sp³-hybridized carbons (Fsp3) is 0.833. The van der Waals surface area contributed by atoms with E-state index in [2.05, 4.69) is 22.5 Å². The first-order valence-corrected chi connectivity index (χ1v) is 6.54. The molecule has 0 bridgehead atoms. The van der Waals surface area contributed by atoms with Crippen LogP contribution in [0.3, 0.4) is 0 Å². The molecule has 0 radical (unpaired) electrons. The Hall–Kier alpha value is -1.14. The number of rotatable bonds is 4. The van der Waals surface area contributed by atoms with Gasteiger partial charge in [-0.1, -0.05) is 0 Å². The van der Waals surface area contributed by atoms with Crippen molar-refractivity contribution in [2.24, 2.45) is 11.7 Å². The molecule has 3 amide bonds. The Bertz CT molecular complexity index is 308. The lowest BCUT2D eigenvalue weighted by atomic mass is 10.1. The predicted octanol–water partition coefficient (Wildman–Crippen LogP) is -0.110. The summed E-state index contributed by atoms with van der Waals surface area (Å²) in [5.74, 6) is 0.185. The second kappa shape index (κ2) is 6.70. The second-order valence-corrected chi connectivity index (χ2v) is 4.91. The second-order valence-electron chi connectivity index (χ2n) is 4.91. The van der Waals surface area contributed by atoms with Crippen LogP contribution < -0.4 is 16.4 Å². The summed E-state index contributed by atoms with van der Waals surface area (Å²) in [6.45, 7) is 7.69. The number of likely N-dealkylation sites (tertiary alicyclic amines) is 1. The minimum absolute atomic E-state index is 0.259. The van der Waals surface area contributed by atoms with Crippen molar-refractivity contribution in [3.05, 3.63) is 0 Å². The number of imide groups is 1. The van der Waals surface area contributed by atoms with Gasteiger partial charge in [-0.15, -0.1) is 0 Å². The van der Waals surface area contributed by atoms with Gasteiger partial charge in [-0.25, -0.2) is 4.79 Å². The van der Waals surface area contributed by atoms with E-state index in [0.29, 0.717) is 25.0 Å². The van der Waals surface area contributed by atoms with E-state index in [0.717, 1.165) is 13.0 Å². The molecule has 1 aliphatic rings. The lowest BCUT2D eigenvalue weighted by Crippen LogP contribution is -2.50. The number of carbonyl (C=O) groups is 2. The largest absolute Gasteiger partial charge is 0.338 e. The number of nitrogens with zero attached hydrogens (tertiary/aromatic N) is 1. The quantitative estimate of drug-likeness (QED) is 0.655. The van der Waals surface area contributed by atoms with E-state index in [1.165, 1.54) is 0 Å². The first-order valence-electron chi connectivity index (χ1n) is 6.54. The van der Waals surface area contributed by atoms with Crippen LogP contribution in [0.25, 0.3) is 0 Å². The van der Waals surface area contributed by atoms with E-state index >= 15 is 0 Å². The zero-order chi connectivity index (χ0) is 13.7. The number of nitrogens with one attached hydrogen (secondary N) is 2. The molecule has 0 saturated carbocycles. The molecule has 3 atom stereocenters. The summed E-state index contributed by atoms with van der Waals surface area (Å²) < 4.78 is 0. The van der Waals surface area contributed by atoms with Crippen molar-refractivity contribution in [3.8, 4) is 0 Å². The van der Waals surface area contributed by atoms with Crippen molar-refractivity contribution in [2.75, 3.05) is 19.6 Å². The van der Waals surface area contributed by atoms with Gasteiger partial charge in [0, 0.05) is 19.1 Å². The molecule has 3 unspecified atom stereocenters. The molecule has 1 fully saturated rings. The van der Waals surface area contributed by atoms with Gasteiger partial charge in [-0.2, -0.15) is 0 Å². The maximum atomic E-state index is 11.9. The topological polar surface area (TPSA) is 87.5 Å². The van der Waals surface area contributed by atoms with Crippen molar-refractivity contribution < 1.29 is 9.59 Å². The number of hydrogen-bond donors (Lipinski definition) is 3. The van der Waals surface area contributed by atoms with Crippen LogP contribution in [-0.2, 0) is 4.79 Å². The average Bonchev–Trinajstić information content (AvgIpc) is 2.69. The van der Waals surface area contributed by atoms with E-state index in [4.69, 9.17) is 5.73 Å². The van der Waals surface area contributed by atoms with E-state index in [9.17, 15) is 9.59 Å². The molecule has 18 heavy (non-hydrogen) atoms. The molecule has 6 heteroatoms. The highest BCUT2D eigenvalue weighted by Gasteiger charge is 2.34. The van der Waals surface area contributed by atoms with Crippen LogP contribution in [0.1, 0.15) is 27.2 Å². The summed E-state index contributed by atoms with van der Waals surface area (Å²) in [7, 11) is 0. The van der Waals surface area contributed by atoms with Gasteiger partial charge in [0.15, 0.2) is 0 Å². The van der Waals surface area contributed by atoms with Crippen LogP contribution in [0.15, 0.2) is 0 Å². The van der Waals surface area contributed by atoms with Gasteiger partial charge < -0.3 is 11.1 Å². The first-order chi connectivity index (χ1) is 8.49. The fourth-order valence-electron chi connectivity index (χ4n) is 2.45. The van der Waals surface area contributed by atoms with Gasteiger partial charge in [0.2, 0.25) is 5.91 Å². The lowest BCUT2D eigenvalue weighted by Gasteiger charge is -2.27. The molecule has 1 rings (SSSR count). The van der Waals surface area contributed by atoms with Crippen LogP contribution in [0.4, 0.5) is 4.79 Å². The molecule has 1 heterocycles. The highest BCUT2D eigenvalue weighted by atomic mass is 16.2. The SMILES string of the molecule is CCNC(=O)NC(=O)C(C)N1CC(CN)CC1C. The normalized spacial score (nSPS) is 25.8. The molecule has 1 saturated heterocycles. The summed E-state index contributed by atoms with van der Waals surface area (Å²) in [4.78, 5) is 25.3. The molecule has 0 aliphatic carbocycles. The van der Waals surface area contributed by atoms with E-state index < -0.39 is 6.03 Å². The number of hydrogen-bond acceptors (Lipinski definition) is 4. The average molecular weight is 256 g/mol. The van der Waals surface area contributed by atoms with Crippen LogP contribution in [0.2, 0.25) is 0 Å². The standard InChI is InChI=1S/C12H24N4O2/c1-4-14-12(18)15-11(17)9(3)16-7-10(6-13)5-8(16)2/h8-10H,4-7,13H2,1-3H3,(H2,14,15,17,18). The fourth-order valence-corrected chi connectivity index (χ4v) is 2.45. The van der Waals surface area contributed by atoms with Gasteiger partial charge >= 0.3 is 6.03 Å². The van der Waals surface area contributed by atoms with Crippen molar-refractivity contribution in [1.82, 2.24) is 15.5 Å². The zero-order valence-electron chi connectivity index (χ0n) is 11.4. The van der Waals surface area contributed by atoms with Gasteiger partial charge in [0.25, 0.3) is 0 Å². The van der Waals surface area contributed by atoms with E-state index in [1.807, 2.05) is 13.8 Å². The molecule has 104 valence electrons. The van der Waals surface area contributed by atoms with Gasteiger partial charge in [0.1, 0.15) is 0 Å². The monoisotopic (exact) mass is 256 g/mol. The van der Waals surface area contributed by atoms with Crippen LogP contribution in [0.5, 0.6) is 0 Å². The molecule has 1 aliphatic heterocycles. The van der Waals surface area contributed by atoms with Gasteiger partial charge in [-0.05, 0) is 39.7 Å². The maximum absolute atomic E-state index is 11.9. The van der Waals surface area contributed by atoms with Crippen molar-refractivity contribution in [2.45, 2.75) is 39.3 Å². The van der Waals surface area contributed by atoms with Crippen molar-refractivity contribution in [3.63, 3.8) is 0 Å². The minimum Gasteiger partial charge on any atom is -0.338 e. The highest BCUT2D eigenvalue weighted by molar-refractivity contribution is 5.96. The Kier molecular flexibility index (Phi) is 5.55. The third kappa shape index (κ3) is 3.68. The summed E-state index contributed by atoms with van der Waals surface area (Å²) in [5.41, 5.74) is 5.66. The Balaban J connectivity index is 2.51. The molecule has 6 nitrogen and oxygen atoms in total. The molecule has 0 aromatic carbocycles. The molecule has 4 N–H and O–H groups in total. The molecular formula is C12H24N4O2. The summed E-state index contributed by atoms with van der Waals surface area (Å²) >= 11 is 0. The summed E-state index contributed by atoms with van der Waals surface area (Å²) in [6.07, 6.45) is 1.01. The molecule has 0 spiro atoms. The van der Waals surface area contributed by atoms with Gasteiger partial charge in [-0.3, -0.25) is 15.0 Å². The van der Waals surface area contributed by atoms with Crippen molar-refractivity contribution in [1.29, 1.82) is 0 Å². The smallest absolute Gasteiger partial charge is 0.321 e.